The van der Waals surface area contributed by atoms with Crippen molar-refractivity contribution >= 4 is 17.7 Å². The molecule has 1 aliphatic carbocycles. The normalized spacial score (nSPS) is 35.0. The fourth-order valence-electron chi connectivity index (χ4n) is 3.65. The summed E-state index contributed by atoms with van der Waals surface area (Å²) in [7, 11) is 0. The Kier molecular flexibility index (Phi) is 5.79. The molecule has 1 amide bonds. The van der Waals surface area contributed by atoms with Crippen LogP contribution in [-0.4, -0.2) is 40.6 Å². The molecule has 1 aliphatic heterocycles. The first-order chi connectivity index (χ1) is 9.58. The van der Waals surface area contributed by atoms with Crippen LogP contribution in [0.4, 0.5) is 0 Å². The molecule has 2 aliphatic rings. The minimum atomic E-state index is 0.0608. The third-order valence-electron chi connectivity index (χ3n) is 4.80. The van der Waals surface area contributed by atoms with E-state index in [4.69, 9.17) is 0 Å². The molecule has 4 heteroatoms. The van der Waals surface area contributed by atoms with Crippen molar-refractivity contribution in [1.29, 1.82) is 0 Å². The summed E-state index contributed by atoms with van der Waals surface area (Å²) in [5.41, 5.74) is 0. The molecule has 2 atom stereocenters. The highest BCUT2D eigenvalue weighted by molar-refractivity contribution is 7.99. The smallest absolute Gasteiger partial charge is 0.241 e. The van der Waals surface area contributed by atoms with Gasteiger partial charge in [-0.2, -0.15) is 11.8 Å². The molecule has 1 N–H and O–H groups in total. The lowest BCUT2D eigenvalue weighted by Crippen LogP contribution is -2.48. The van der Waals surface area contributed by atoms with Crippen LogP contribution >= 0.6 is 11.8 Å². The van der Waals surface area contributed by atoms with Gasteiger partial charge in [-0.05, 0) is 44.3 Å². The Balaban J connectivity index is 2.05. The molecule has 0 spiro atoms. The number of hydrogen-bond acceptors (Lipinski definition) is 3. The minimum Gasteiger partial charge on any atom is -0.323 e. The summed E-state index contributed by atoms with van der Waals surface area (Å²) in [5.74, 6) is 0.845. The van der Waals surface area contributed by atoms with Gasteiger partial charge in [-0.15, -0.1) is 0 Å². The third-order valence-corrected chi connectivity index (χ3v) is 5.94. The quantitative estimate of drug-likeness (QED) is 0.845. The van der Waals surface area contributed by atoms with E-state index in [9.17, 15) is 4.79 Å². The Labute approximate surface area is 128 Å². The van der Waals surface area contributed by atoms with Crippen LogP contribution in [0.25, 0.3) is 0 Å². The number of amides is 1. The van der Waals surface area contributed by atoms with E-state index in [0.29, 0.717) is 17.9 Å². The van der Waals surface area contributed by atoms with Crippen LogP contribution in [-0.2, 0) is 4.79 Å². The zero-order chi connectivity index (χ0) is 14.7. The summed E-state index contributed by atoms with van der Waals surface area (Å²) in [6.45, 7) is 6.60. The molecule has 2 fully saturated rings. The molecule has 0 aromatic carbocycles. The molecule has 20 heavy (non-hydrogen) atoms. The lowest BCUT2D eigenvalue weighted by atomic mass is 9.92. The van der Waals surface area contributed by atoms with Gasteiger partial charge in [-0.3, -0.25) is 10.1 Å². The van der Waals surface area contributed by atoms with Gasteiger partial charge in [0.25, 0.3) is 0 Å². The van der Waals surface area contributed by atoms with Gasteiger partial charge in [0.2, 0.25) is 5.91 Å². The number of carbonyl (C=O) groups excluding carboxylic acids is 1. The average molecular weight is 298 g/mol. The molecule has 2 unspecified atom stereocenters. The molecule has 0 bridgehead atoms. The maximum absolute atomic E-state index is 12.7. The Morgan fingerprint density at radius 2 is 1.95 bits per heavy atom. The molecule has 0 aromatic heterocycles. The standard InChI is InChI=1S/C16H30N2OS/c1-5-6-14-16(19)18(15(17-14)11(2)3)12-7-9-13(20-4)10-8-12/h11-15,17H,5-10H2,1-4H3. The Morgan fingerprint density at radius 1 is 1.30 bits per heavy atom. The summed E-state index contributed by atoms with van der Waals surface area (Å²) in [4.78, 5) is 14.9. The highest BCUT2D eigenvalue weighted by Crippen LogP contribution is 2.33. The number of nitrogens with one attached hydrogen (secondary N) is 1. The summed E-state index contributed by atoms with van der Waals surface area (Å²) in [6, 6.07) is 0.526. The predicted octanol–water partition coefficient (Wildman–Crippen LogP) is 3.24. The molecule has 0 aromatic rings. The van der Waals surface area contributed by atoms with Gasteiger partial charge in [0.15, 0.2) is 0 Å². The molecule has 3 nitrogen and oxygen atoms in total. The van der Waals surface area contributed by atoms with E-state index < -0.39 is 0 Å². The van der Waals surface area contributed by atoms with Crippen LogP contribution in [0, 0.1) is 5.92 Å². The summed E-state index contributed by atoms with van der Waals surface area (Å²) >= 11 is 1.99. The summed E-state index contributed by atoms with van der Waals surface area (Å²) in [5, 5.41) is 4.39. The first-order valence-electron chi connectivity index (χ1n) is 8.19. The van der Waals surface area contributed by atoms with Crippen LogP contribution in [0.1, 0.15) is 59.3 Å². The van der Waals surface area contributed by atoms with E-state index >= 15 is 0 Å². The first-order valence-corrected chi connectivity index (χ1v) is 9.48. The lowest BCUT2D eigenvalue weighted by Gasteiger charge is -2.38. The maximum Gasteiger partial charge on any atom is 0.241 e. The molecule has 2 rings (SSSR count). The maximum atomic E-state index is 12.7. The van der Waals surface area contributed by atoms with E-state index in [0.717, 1.165) is 18.1 Å². The Bertz CT molecular complexity index is 326. The van der Waals surface area contributed by atoms with Gasteiger partial charge >= 0.3 is 0 Å². The molecule has 0 radical (unpaired) electrons. The van der Waals surface area contributed by atoms with Crippen LogP contribution < -0.4 is 5.32 Å². The first kappa shape index (κ1) is 16.2. The highest BCUT2D eigenvalue weighted by Gasteiger charge is 2.43. The average Bonchev–Trinajstić information content (AvgIpc) is 2.77. The van der Waals surface area contributed by atoms with E-state index in [1.165, 1.54) is 25.7 Å². The van der Waals surface area contributed by atoms with Crippen molar-refractivity contribution in [3.63, 3.8) is 0 Å². The molecular formula is C16H30N2OS. The van der Waals surface area contributed by atoms with Crippen molar-refractivity contribution in [2.45, 2.75) is 82.8 Å². The number of hydrogen-bond donors (Lipinski definition) is 1. The second kappa shape index (κ2) is 7.17. The largest absolute Gasteiger partial charge is 0.323 e. The van der Waals surface area contributed by atoms with Crippen molar-refractivity contribution in [2.24, 2.45) is 5.92 Å². The lowest BCUT2D eigenvalue weighted by molar-refractivity contribution is -0.133. The van der Waals surface area contributed by atoms with E-state index in [1.54, 1.807) is 0 Å². The zero-order valence-corrected chi connectivity index (χ0v) is 14.2. The van der Waals surface area contributed by atoms with Gasteiger partial charge < -0.3 is 4.90 Å². The Morgan fingerprint density at radius 3 is 2.45 bits per heavy atom. The fraction of sp³-hybridized carbons (Fsp3) is 0.938. The molecule has 1 heterocycles. The summed E-state index contributed by atoms with van der Waals surface area (Å²) < 4.78 is 0. The van der Waals surface area contributed by atoms with Crippen LogP contribution in [0.2, 0.25) is 0 Å². The van der Waals surface area contributed by atoms with Gasteiger partial charge in [0.05, 0.1) is 12.2 Å². The van der Waals surface area contributed by atoms with E-state index in [2.05, 4.69) is 37.2 Å². The topological polar surface area (TPSA) is 32.3 Å². The van der Waals surface area contributed by atoms with E-state index in [-0.39, 0.29) is 12.2 Å². The number of thioether (sulfide) groups is 1. The van der Waals surface area contributed by atoms with Gasteiger partial charge in [0, 0.05) is 11.3 Å². The second-order valence-electron chi connectivity index (χ2n) is 6.61. The molecule has 116 valence electrons. The number of carbonyl (C=O) groups is 1. The predicted molar refractivity (Wildman–Crippen MR) is 86.9 cm³/mol. The van der Waals surface area contributed by atoms with Crippen LogP contribution in [0.15, 0.2) is 0 Å². The SMILES string of the molecule is CCCC1NC(C(C)C)N(C2CCC(SC)CC2)C1=O. The summed E-state index contributed by atoms with van der Waals surface area (Å²) in [6.07, 6.45) is 9.39. The van der Waals surface area contributed by atoms with Crippen LogP contribution in [0.3, 0.4) is 0 Å². The Hall–Kier alpha value is -0.220. The van der Waals surface area contributed by atoms with E-state index in [1.807, 2.05) is 11.8 Å². The van der Waals surface area contributed by atoms with Crippen molar-refractivity contribution in [2.75, 3.05) is 6.26 Å². The van der Waals surface area contributed by atoms with Gasteiger partial charge in [0.1, 0.15) is 0 Å². The van der Waals surface area contributed by atoms with Crippen molar-refractivity contribution in [3.8, 4) is 0 Å². The molecule has 1 saturated heterocycles. The highest BCUT2D eigenvalue weighted by atomic mass is 32.2. The zero-order valence-electron chi connectivity index (χ0n) is 13.4. The second-order valence-corrected chi connectivity index (χ2v) is 7.75. The monoisotopic (exact) mass is 298 g/mol. The fourth-order valence-corrected chi connectivity index (χ4v) is 4.39. The van der Waals surface area contributed by atoms with Crippen molar-refractivity contribution < 1.29 is 4.79 Å². The van der Waals surface area contributed by atoms with Gasteiger partial charge in [-0.25, -0.2) is 0 Å². The van der Waals surface area contributed by atoms with Gasteiger partial charge in [-0.1, -0.05) is 27.2 Å². The van der Waals surface area contributed by atoms with Crippen LogP contribution in [0.5, 0.6) is 0 Å². The molecule has 1 saturated carbocycles. The van der Waals surface area contributed by atoms with Crippen molar-refractivity contribution in [1.82, 2.24) is 10.2 Å². The third kappa shape index (κ3) is 3.33. The minimum absolute atomic E-state index is 0.0608. The number of nitrogens with zero attached hydrogens (tertiary/aromatic N) is 1. The number of rotatable bonds is 5. The molecular weight excluding hydrogens is 268 g/mol. The van der Waals surface area contributed by atoms with Crippen molar-refractivity contribution in [3.05, 3.63) is 0 Å².